The highest BCUT2D eigenvalue weighted by atomic mass is 19.4. The molecule has 4 aromatic rings. The molecule has 1 N–H and O–H groups in total. The maximum absolute atomic E-state index is 13.0. The molecule has 0 spiro atoms. The van der Waals surface area contributed by atoms with Gasteiger partial charge in [0.25, 0.3) is 0 Å². The number of aromatic amines is 1. The van der Waals surface area contributed by atoms with Gasteiger partial charge in [-0.15, -0.1) is 0 Å². The number of carbonyl (C=O) groups is 1. The van der Waals surface area contributed by atoms with Gasteiger partial charge in [0.15, 0.2) is 5.58 Å². The molecule has 2 heterocycles. The molecule has 0 unspecified atom stereocenters. The molecule has 166 valence electrons. The van der Waals surface area contributed by atoms with Crippen molar-refractivity contribution >= 4 is 28.0 Å². The third-order valence-electron chi connectivity index (χ3n) is 5.70. The first-order chi connectivity index (χ1) is 15.2. The van der Waals surface area contributed by atoms with Crippen molar-refractivity contribution in [3.05, 3.63) is 63.9 Å². The van der Waals surface area contributed by atoms with E-state index in [4.69, 9.17) is 4.42 Å². The highest BCUT2D eigenvalue weighted by Crippen LogP contribution is 2.40. The minimum Gasteiger partial charge on any atom is -0.408 e. The van der Waals surface area contributed by atoms with E-state index >= 15 is 0 Å². The Balaban J connectivity index is 1.35. The van der Waals surface area contributed by atoms with Crippen LogP contribution >= 0.6 is 0 Å². The van der Waals surface area contributed by atoms with Gasteiger partial charge >= 0.3 is 11.9 Å². The summed E-state index contributed by atoms with van der Waals surface area (Å²) in [6, 6.07) is 8.80. The lowest BCUT2D eigenvalue weighted by molar-refractivity contribution is -0.137. The predicted octanol–water partition coefficient (Wildman–Crippen LogP) is 4.03. The zero-order chi connectivity index (χ0) is 22.6. The largest absolute Gasteiger partial charge is 0.420 e. The molecular formula is C22H19F3N4O3. The minimum atomic E-state index is -4.58. The Labute approximate surface area is 179 Å². The number of halogens is 3. The Bertz CT molecular complexity index is 1400. The molecule has 0 radical (unpaired) electrons. The summed E-state index contributed by atoms with van der Waals surface area (Å²) < 4.78 is 45.0. The number of hydrogen-bond donors (Lipinski definition) is 1. The maximum Gasteiger partial charge on any atom is 0.420 e. The molecule has 1 amide bonds. The number of nitrogens with one attached hydrogen (secondary N) is 1. The number of H-pyrrole nitrogens is 1. The maximum atomic E-state index is 13.0. The van der Waals surface area contributed by atoms with Crippen molar-refractivity contribution in [2.75, 3.05) is 7.05 Å². The molecule has 0 aliphatic heterocycles. The van der Waals surface area contributed by atoms with E-state index in [1.165, 1.54) is 23.3 Å². The molecule has 2 aromatic heterocycles. The lowest BCUT2D eigenvalue weighted by Crippen LogP contribution is -2.32. The molecule has 2 aromatic carbocycles. The summed E-state index contributed by atoms with van der Waals surface area (Å²) in [5.74, 6) is -0.173. The lowest BCUT2D eigenvalue weighted by Gasteiger charge is -2.16. The van der Waals surface area contributed by atoms with Crippen molar-refractivity contribution in [1.82, 2.24) is 19.4 Å². The van der Waals surface area contributed by atoms with Crippen LogP contribution in [0.2, 0.25) is 0 Å². The van der Waals surface area contributed by atoms with Gasteiger partial charge in [-0.05, 0) is 54.7 Å². The van der Waals surface area contributed by atoms with Crippen molar-refractivity contribution < 1.29 is 22.4 Å². The molecular weight excluding hydrogens is 425 g/mol. The van der Waals surface area contributed by atoms with Gasteiger partial charge in [-0.2, -0.15) is 13.2 Å². The van der Waals surface area contributed by atoms with Crippen LogP contribution in [0.3, 0.4) is 0 Å². The average Bonchev–Trinajstić information content (AvgIpc) is 3.44. The summed E-state index contributed by atoms with van der Waals surface area (Å²) in [4.78, 5) is 33.9. The molecule has 1 fully saturated rings. The standard InChI is InChI=1S/C22H19F3N4O3/c1-28(10-19-26-15-6-4-13(12-2-3-12)8-16(15)27-19)20(30)11-29-17-9-14(22(23,24)25)5-7-18(17)32-21(29)31/h4-9,12H,2-3,10-11H2,1H3,(H,26,27). The second-order valence-corrected chi connectivity index (χ2v) is 8.12. The Morgan fingerprint density at radius 1 is 1.25 bits per heavy atom. The smallest absolute Gasteiger partial charge is 0.408 e. The van der Waals surface area contributed by atoms with E-state index in [0.717, 1.165) is 33.8 Å². The van der Waals surface area contributed by atoms with Gasteiger partial charge in [-0.1, -0.05) is 6.07 Å². The van der Waals surface area contributed by atoms with Crippen molar-refractivity contribution in [2.24, 2.45) is 0 Å². The van der Waals surface area contributed by atoms with Crippen LogP contribution in [0.15, 0.2) is 45.6 Å². The number of aromatic nitrogens is 3. The summed E-state index contributed by atoms with van der Waals surface area (Å²) in [6.45, 7) is -0.291. The van der Waals surface area contributed by atoms with Crippen molar-refractivity contribution in [1.29, 1.82) is 0 Å². The zero-order valence-electron chi connectivity index (χ0n) is 17.1. The van der Waals surface area contributed by atoms with Crippen LogP contribution in [0.5, 0.6) is 0 Å². The SMILES string of the molecule is CN(Cc1nc2ccc(C3CC3)cc2[nH]1)C(=O)Cn1c(=O)oc2ccc(C(F)(F)F)cc21. The van der Waals surface area contributed by atoms with Crippen LogP contribution in [0.25, 0.3) is 22.1 Å². The van der Waals surface area contributed by atoms with Crippen LogP contribution in [0, 0.1) is 0 Å². The van der Waals surface area contributed by atoms with Crippen molar-refractivity contribution in [2.45, 2.75) is 38.0 Å². The predicted molar refractivity (Wildman–Crippen MR) is 110 cm³/mol. The summed E-state index contributed by atoms with van der Waals surface area (Å²) in [5.41, 5.74) is 1.93. The number of oxazole rings is 1. The number of nitrogens with zero attached hydrogens (tertiary/aromatic N) is 3. The highest BCUT2D eigenvalue weighted by Gasteiger charge is 2.31. The van der Waals surface area contributed by atoms with Crippen LogP contribution < -0.4 is 5.76 Å². The van der Waals surface area contributed by atoms with Gasteiger partial charge in [-0.25, -0.2) is 9.78 Å². The van der Waals surface area contributed by atoms with Crippen molar-refractivity contribution in [3.8, 4) is 0 Å². The topological polar surface area (TPSA) is 84.1 Å². The zero-order valence-corrected chi connectivity index (χ0v) is 17.1. The molecule has 10 heteroatoms. The number of alkyl halides is 3. The Morgan fingerprint density at radius 2 is 2.03 bits per heavy atom. The molecule has 0 atom stereocenters. The van der Waals surface area contributed by atoms with Crippen LogP contribution in [-0.4, -0.2) is 32.4 Å². The van der Waals surface area contributed by atoms with Gasteiger partial charge in [0, 0.05) is 7.05 Å². The number of fused-ring (bicyclic) bond motifs is 2. The minimum absolute atomic E-state index is 0.0118. The third-order valence-corrected chi connectivity index (χ3v) is 5.70. The van der Waals surface area contributed by atoms with Gasteiger partial charge in [0.2, 0.25) is 5.91 Å². The molecule has 1 saturated carbocycles. The number of likely N-dealkylation sites (N-methyl/N-ethyl adjacent to an activating group) is 1. The number of hydrogen-bond acceptors (Lipinski definition) is 4. The number of imidazole rings is 1. The summed E-state index contributed by atoms with van der Waals surface area (Å²) >= 11 is 0. The van der Waals surface area contributed by atoms with Crippen LogP contribution in [0.4, 0.5) is 13.2 Å². The number of rotatable bonds is 5. The third kappa shape index (κ3) is 3.76. The number of carbonyl (C=O) groups excluding carboxylic acids is 1. The lowest BCUT2D eigenvalue weighted by atomic mass is 10.1. The molecule has 0 bridgehead atoms. The molecule has 1 aliphatic rings. The van der Waals surface area contributed by atoms with E-state index in [0.29, 0.717) is 11.7 Å². The van der Waals surface area contributed by atoms with Crippen LogP contribution in [-0.2, 0) is 24.1 Å². The normalized spacial score (nSPS) is 14.4. The summed E-state index contributed by atoms with van der Waals surface area (Å²) in [6.07, 6.45) is -2.19. The van der Waals surface area contributed by atoms with E-state index < -0.39 is 29.9 Å². The van der Waals surface area contributed by atoms with E-state index in [2.05, 4.69) is 22.1 Å². The molecule has 7 nitrogen and oxygen atoms in total. The fraction of sp³-hybridized carbons (Fsp3) is 0.318. The molecule has 32 heavy (non-hydrogen) atoms. The molecule has 5 rings (SSSR count). The van der Waals surface area contributed by atoms with E-state index in [-0.39, 0.29) is 17.6 Å². The van der Waals surface area contributed by atoms with Gasteiger partial charge < -0.3 is 14.3 Å². The van der Waals surface area contributed by atoms with Crippen molar-refractivity contribution in [3.63, 3.8) is 0 Å². The van der Waals surface area contributed by atoms with E-state index in [1.807, 2.05) is 6.07 Å². The van der Waals surface area contributed by atoms with E-state index in [1.54, 1.807) is 7.05 Å². The van der Waals surface area contributed by atoms with Gasteiger partial charge in [-0.3, -0.25) is 9.36 Å². The molecule has 0 saturated heterocycles. The first kappa shape index (κ1) is 20.3. The Hall–Kier alpha value is -3.56. The first-order valence-electron chi connectivity index (χ1n) is 10.1. The second kappa shape index (κ2) is 7.25. The van der Waals surface area contributed by atoms with Gasteiger partial charge in [0.05, 0.1) is 28.7 Å². The number of benzene rings is 2. The fourth-order valence-electron chi connectivity index (χ4n) is 3.78. The monoisotopic (exact) mass is 444 g/mol. The summed E-state index contributed by atoms with van der Waals surface area (Å²) in [5, 5.41) is 0. The molecule has 1 aliphatic carbocycles. The second-order valence-electron chi connectivity index (χ2n) is 8.12. The fourth-order valence-corrected chi connectivity index (χ4v) is 3.78. The van der Waals surface area contributed by atoms with E-state index in [9.17, 15) is 22.8 Å². The van der Waals surface area contributed by atoms with Crippen LogP contribution in [0.1, 0.15) is 35.7 Å². The Morgan fingerprint density at radius 3 is 2.75 bits per heavy atom. The quantitative estimate of drug-likeness (QED) is 0.504. The Kier molecular flexibility index (Phi) is 4.61. The number of amides is 1. The average molecular weight is 444 g/mol. The summed E-state index contributed by atoms with van der Waals surface area (Å²) in [7, 11) is 1.54. The highest BCUT2D eigenvalue weighted by molar-refractivity contribution is 5.80. The first-order valence-corrected chi connectivity index (χ1v) is 10.1. The van der Waals surface area contributed by atoms with Gasteiger partial charge in [0.1, 0.15) is 12.4 Å².